The normalized spacial score (nSPS) is 12.4. The number of rotatable bonds is 6. The maximum Gasteiger partial charge on any atom is 0.573 e. The molecule has 0 saturated carbocycles. The quantitative estimate of drug-likeness (QED) is 0.412. The second-order valence-corrected chi connectivity index (χ2v) is 5.49. The first-order chi connectivity index (χ1) is 7.22. The lowest BCUT2D eigenvalue weighted by Crippen LogP contribution is -2.26. The van der Waals surface area contributed by atoms with Crippen molar-refractivity contribution in [1.29, 1.82) is 0 Å². The van der Waals surface area contributed by atoms with Crippen LogP contribution in [0.15, 0.2) is 0 Å². The van der Waals surface area contributed by atoms with Crippen LogP contribution in [-0.4, -0.2) is 27.0 Å². The summed E-state index contributed by atoms with van der Waals surface area (Å²) in [5.41, 5.74) is 0. The van der Waals surface area contributed by atoms with Crippen LogP contribution in [0.1, 0.15) is 0 Å². The standard InChI is InChI=1S/C5H4Cl6O5/c6-1-4(8,9)15-13-3(12)14-16-5(10,11)2-7/h1-2H2. The molecule has 0 rings (SSSR count). The van der Waals surface area contributed by atoms with Crippen LogP contribution < -0.4 is 0 Å². The van der Waals surface area contributed by atoms with Crippen molar-refractivity contribution < 1.29 is 24.3 Å². The van der Waals surface area contributed by atoms with Crippen LogP contribution >= 0.6 is 69.6 Å². The van der Waals surface area contributed by atoms with E-state index in [0.29, 0.717) is 0 Å². The van der Waals surface area contributed by atoms with E-state index in [-0.39, 0.29) is 11.8 Å². The van der Waals surface area contributed by atoms with Crippen molar-refractivity contribution in [3.63, 3.8) is 0 Å². The zero-order valence-electron chi connectivity index (χ0n) is 7.22. The minimum atomic E-state index is -1.91. The Morgan fingerprint density at radius 3 is 1.44 bits per heavy atom. The highest BCUT2D eigenvalue weighted by Crippen LogP contribution is 2.26. The molecule has 0 N–H and O–H groups in total. The van der Waals surface area contributed by atoms with Crippen LogP contribution in [0.5, 0.6) is 0 Å². The Morgan fingerprint density at radius 2 is 1.19 bits per heavy atom. The third-order valence-electron chi connectivity index (χ3n) is 0.774. The predicted molar refractivity (Wildman–Crippen MR) is 60.1 cm³/mol. The number of hydrogen-bond acceptors (Lipinski definition) is 5. The summed E-state index contributed by atoms with van der Waals surface area (Å²) in [5.74, 6) is -0.720. The first-order valence-electron chi connectivity index (χ1n) is 3.35. The SMILES string of the molecule is O=C(OOC(Cl)(Cl)CCl)OOC(Cl)(Cl)CCl. The number of alkyl halides is 6. The van der Waals surface area contributed by atoms with E-state index in [2.05, 4.69) is 19.6 Å². The topological polar surface area (TPSA) is 54.0 Å². The number of carbonyl (C=O) groups is 1. The van der Waals surface area contributed by atoms with Crippen molar-refractivity contribution >= 4 is 75.8 Å². The molecule has 0 amide bonds. The minimum absolute atomic E-state index is 0.360. The molecule has 96 valence electrons. The van der Waals surface area contributed by atoms with Crippen LogP contribution in [-0.2, 0) is 19.6 Å². The summed E-state index contributed by atoms with van der Waals surface area (Å²) in [4.78, 5) is 27.0. The molecule has 0 radical (unpaired) electrons. The van der Waals surface area contributed by atoms with E-state index in [4.69, 9.17) is 69.6 Å². The fourth-order valence-electron chi connectivity index (χ4n) is 0.248. The summed E-state index contributed by atoms with van der Waals surface area (Å²) < 4.78 is -3.82. The summed E-state index contributed by atoms with van der Waals surface area (Å²) in [6, 6.07) is 0. The van der Waals surface area contributed by atoms with Crippen LogP contribution in [0.25, 0.3) is 0 Å². The molecule has 0 unspecified atom stereocenters. The van der Waals surface area contributed by atoms with Crippen molar-refractivity contribution in [1.82, 2.24) is 0 Å². The van der Waals surface area contributed by atoms with Crippen molar-refractivity contribution in [2.24, 2.45) is 0 Å². The highest BCUT2D eigenvalue weighted by molar-refractivity contribution is 6.50. The number of halogens is 6. The van der Waals surface area contributed by atoms with Crippen LogP contribution in [0.4, 0.5) is 4.79 Å². The summed E-state index contributed by atoms with van der Waals surface area (Å²) in [7, 11) is 0. The minimum Gasteiger partial charge on any atom is -0.254 e. The van der Waals surface area contributed by atoms with Gasteiger partial charge in [0.1, 0.15) is 0 Å². The lowest BCUT2D eigenvalue weighted by atomic mass is 10.8. The highest BCUT2D eigenvalue weighted by atomic mass is 35.5. The van der Waals surface area contributed by atoms with Gasteiger partial charge in [-0.05, 0) is 0 Å². The summed E-state index contributed by atoms with van der Waals surface area (Å²) in [6.07, 6.45) is -1.45. The van der Waals surface area contributed by atoms with Gasteiger partial charge in [-0.15, -0.1) is 33.0 Å². The monoisotopic (exact) mass is 354 g/mol. The van der Waals surface area contributed by atoms with Crippen molar-refractivity contribution in [3.05, 3.63) is 0 Å². The largest absolute Gasteiger partial charge is 0.573 e. The molecule has 0 heterocycles. The van der Waals surface area contributed by atoms with Gasteiger partial charge in [-0.2, -0.15) is 4.79 Å². The van der Waals surface area contributed by atoms with Crippen molar-refractivity contribution in [2.75, 3.05) is 11.8 Å². The highest BCUT2D eigenvalue weighted by Gasteiger charge is 2.30. The molecule has 0 aliphatic carbocycles. The molecule has 0 aromatic carbocycles. The van der Waals surface area contributed by atoms with E-state index < -0.39 is 15.2 Å². The first kappa shape index (κ1) is 16.9. The van der Waals surface area contributed by atoms with E-state index in [1.807, 2.05) is 0 Å². The van der Waals surface area contributed by atoms with E-state index in [1.54, 1.807) is 0 Å². The molecule has 16 heavy (non-hydrogen) atoms. The summed E-state index contributed by atoms with van der Waals surface area (Å²) in [5, 5.41) is 0. The molecule has 0 aromatic heterocycles. The Hall–Kier alpha value is 0.930. The van der Waals surface area contributed by atoms with Gasteiger partial charge >= 0.3 is 6.16 Å². The molecule has 11 heteroatoms. The molecule has 0 atom stereocenters. The zero-order valence-corrected chi connectivity index (χ0v) is 11.8. The molecule has 0 aliphatic heterocycles. The lowest BCUT2D eigenvalue weighted by Gasteiger charge is -2.16. The third-order valence-corrected chi connectivity index (χ3v) is 2.86. The van der Waals surface area contributed by atoms with E-state index in [9.17, 15) is 4.79 Å². The Labute approximate surface area is 120 Å². The molecular formula is C5H4Cl6O5. The van der Waals surface area contributed by atoms with Gasteiger partial charge in [0.05, 0.1) is 11.8 Å². The lowest BCUT2D eigenvalue weighted by molar-refractivity contribution is -0.337. The van der Waals surface area contributed by atoms with Gasteiger partial charge < -0.3 is 0 Å². The van der Waals surface area contributed by atoms with E-state index in [0.717, 1.165) is 0 Å². The van der Waals surface area contributed by atoms with Gasteiger partial charge in [0, 0.05) is 0 Å². The van der Waals surface area contributed by atoms with Gasteiger partial charge in [0.15, 0.2) is 0 Å². The second kappa shape index (κ2) is 7.38. The average molecular weight is 357 g/mol. The molecule has 0 spiro atoms. The van der Waals surface area contributed by atoms with Crippen LogP contribution in [0, 0.1) is 0 Å². The van der Waals surface area contributed by atoms with Crippen molar-refractivity contribution in [2.45, 2.75) is 9.04 Å². The first-order valence-corrected chi connectivity index (χ1v) is 5.93. The van der Waals surface area contributed by atoms with Crippen LogP contribution in [0.2, 0.25) is 0 Å². The third kappa shape index (κ3) is 8.08. The van der Waals surface area contributed by atoms with Gasteiger partial charge in [0.25, 0.3) is 9.04 Å². The molecule has 0 bridgehead atoms. The molecular weight excluding hydrogens is 353 g/mol. The smallest absolute Gasteiger partial charge is 0.254 e. The van der Waals surface area contributed by atoms with Gasteiger partial charge in [0.2, 0.25) is 0 Å². The Balaban J connectivity index is 3.85. The number of carbonyl (C=O) groups excluding carboxylic acids is 1. The summed E-state index contributed by atoms with van der Waals surface area (Å²) in [6.45, 7) is 0. The van der Waals surface area contributed by atoms with E-state index in [1.165, 1.54) is 0 Å². The molecule has 0 aliphatic rings. The van der Waals surface area contributed by atoms with E-state index >= 15 is 0 Å². The average Bonchev–Trinajstić information content (AvgIpc) is 2.24. The molecule has 0 aromatic rings. The predicted octanol–water partition coefficient (Wildman–Crippen LogP) is 3.74. The maximum absolute atomic E-state index is 10.8. The van der Waals surface area contributed by atoms with Crippen LogP contribution in [0.3, 0.4) is 0 Å². The maximum atomic E-state index is 10.8. The fraction of sp³-hybridized carbons (Fsp3) is 0.800. The Morgan fingerprint density at radius 1 is 0.875 bits per heavy atom. The zero-order chi connectivity index (χ0) is 12.8. The van der Waals surface area contributed by atoms with Gasteiger partial charge in [-0.3, -0.25) is 9.78 Å². The van der Waals surface area contributed by atoms with Crippen molar-refractivity contribution in [3.8, 4) is 0 Å². The number of hydrogen-bond donors (Lipinski definition) is 0. The fourth-order valence-corrected chi connectivity index (χ4v) is 0.463. The molecule has 5 nitrogen and oxygen atoms in total. The molecule has 0 saturated heterocycles. The summed E-state index contributed by atoms with van der Waals surface area (Å²) >= 11 is 31.9. The Bertz CT molecular complexity index is 211. The van der Waals surface area contributed by atoms with Gasteiger partial charge in [-0.25, -0.2) is 0 Å². The second-order valence-electron chi connectivity index (χ2n) is 2.13. The van der Waals surface area contributed by atoms with Gasteiger partial charge in [-0.1, -0.05) is 46.4 Å². The Kier molecular flexibility index (Phi) is 7.81. The molecule has 0 fully saturated rings.